The van der Waals surface area contributed by atoms with E-state index in [9.17, 15) is 9.90 Å². The van der Waals surface area contributed by atoms with E-state index in [1.54, 1.807) is 23.0 Å². The van der Waals surface area contributed by atoms with Gasteiger partial charge in [0.2, 0.25) is 5.89 Å². The molecule has 0 atom stereocenters. The third-order valence-corrected chi connectivity index (χ3v) is 5.55. The molecule has 1 saturated heterocycles. The molecule has 1 aliphatic rings. The Morgan fingerprint density at radius 2 is 2.09 bits per heavy atom. The quantitative estimate of drug-likeness (QED) is 0.446. The molecule has 0 unspecified atom stereocenters. The molecule has 1 aliphatic heterocycles. The maximum absolute atomic E-state index is 13.0. The number of rotatable bonds is 4. The van der Waals surface area contributed by atoms with Crippen LogP contribution in [0.5, 0.6) is 0 Å². The Morgan fingerprint density at radius 3 is 2.88 bits per heavy atom. The summed E-state index contributed by atoms with van der Waals surface area (Å²) in [6, 6.07) is 7.22. The Balaban J connectivity index is 1.45. The zero-order valence-corrected chi connectivity index (χ0v) is 17.5. The van der Waals surface area contributed by atoms with E-state index >= 15 is 0 Å². The van der Waals surface area contributed by atoms with Gasteiger partial charge in [0.15, 0.2) is 5.69 Å². The molecule has 1 amide bonds. The number of anilines is 3. The van der Waals surface area contributed by atoms with Gasteiger partial charge in [-0.3, -0.25) is 9.48 Å². The van der Waals surface area contributed by atoms with Gasteiger partial charge in [0.05, 0.1) is 23.0 Å². The maximum Gasteiger partial charge on any atom is 0.277 e. The van der Waals surface area contributed by atoms with E-state index in [2.05, 4.69) is 25.3 Å². The highest BCUT2D eigenvalue weighted by Gasteiger charge is 2.22. The molecule has 4 heterocycles. The van der Waals surface area contributed by atoms with E-state index in [4.69, 9.17) is 10.2 Å². The minimum atomic E-state index is -0.386. The molecule has 5 rings (SSSR count). The van der Waals surface area contributed by atoms with E-state index in [1.807, 2.05) is 25.4 Å². The molecule has 4 N–H and O–H groups in total. The lowest BCUT2D eigenvalue weighted by Crippen LogP contribution is -2.36. The topological polar surface area (TPSA) is 135 Å². The van der Waals surface area contributed by atoms with E-state index in [0.717, 1.165) is 16.6 Å². The van der Waals surface area contributed by atoms with Gasteiger partial charge < -0.3 is 25.5 Å². The monoisotopic (exact) mass is 433 g/mol. The number of benzene rings is 1. The molecule has 10 nitrogen and oxygen atoms in total. The zero-order chi connectivity index (χ0) is 22.2. The highest BCUT2D eigenvalue weighted by atomic mass is 16.3. The van der Waals surface area contributed by atoms with Crippen LogP contribution in [0.25, 0.3) is 22.4 Å². The highest BCUT2D eigenvalue weighted by Crippen LogP contribution is 2.33. The first-order chi connectivity index (χ1) is 15.5. The van der Waals surface area contributed by atoms with Crippen LogP contribution < -0.4 is 16.0 Å². The highest BCUT2D eigenvalue weighted by molar-refractivity contribution is 6.06. The molecule has 0 radical (unpaired) electrons. The van der Waals surface area contributed by atoms with Crippen molar-refractivity contribution in [1.82, 2.24) is 19.7 Å². The molecule has 164 valence electrons. The number of piperidine rings is 1. The molecule has 32 heavy (non-hydrogen) atoms. The summed E-state index contributed by atoms with van der Waals surface area (Å²) in [5.74, 6) is 0.244. The molecule has 0 bridgehead atoms. The number of aliphatic hydroxyl groups excluding tert-OH is 1. The lowest BCUT2D eigenvalue weighted by Gasteiger charge is -2.32. The molecule has 0 aliphatic carbocycles. The number of nitrogens with one attached hydrogen (secondary N) is 1. The van der Waals surface area contributed by atoms with E-state index in [-0.39, 0.29) is 23.6 Å². The van der Waals surface area contributed by atoms with Gasteiger partial charge in [-0.1, -0.05) is 0 Å². The summed E-state index contributed by atoms with van der Waals surface area (Å²) in [4.78, 5) is 23.4. The van der Waals surface area contributed by atoms with Gasteiger partial charge in [-0.15, -0.1) is 0 Å². The summed E-state index contributed by atoms with van der Waals surface area (Å²) >= 11 is 0. The predicted molar refractivity (Wildman–Crippen MR) is 120 cm³/mol. The molecule has 10 heteroatoms. The van der Waals surface area contributed by atoms with Crippen LogP contribution in [0.2, 0.25) is 0 Å². The first-order valence-electron chi connectivity index (χ1n) is 10.4. The fourth-order valence-electron chi connectivity index (χ4n) is 3.93. The predicted octanol–water partition coefficient (Wildman–Crippen LogP) is 2.42. The third kappa shape index (κ3) is 3.87. The van der Waals surface area contributed by atoms with Gasteiger partial charge in [0.25, 0.3) is 5.91 Å². The van der Waals surface area contributed by atoms with Crippen LogP contribution in [0.4, 0.5) is 17.2 Å². The molecule has 0 saturated carbocycles. The van der Waals surface area contributed by atoms with Crippen molar-refractivity contribution in [3.8, 4) is 11.5 Å². The Bertz CT molecular complexity index is 1290. The number of nitrogen functional groups attached to an aromatic ring is 1. The lowest BCUT2D eigenvalue weighted by atomic mass is 10.1. The minimum absolute atomic E-state index is 0.154. The summed E-state index contributed by atoms with van der Waals surface area (Å²) in [5, 5.41) is 18.3. The average Bonchev–Trinajstić information content (AvgIpc) is 3.40. The number of nitrogens with two attached hydrogens (primary N) is 1. The van der Waals surface area contributed by atoms with Gasteiger partial charge in [-0.25, -0.2) is 9.97 Å². The number of carbonyl (C=O) groups excluding carboxylic acids is 1. The molecule has 3 aromatic heterocycles. The van der Waals surface area contributed by atoms with Crippen LogP contribution in [0.15, 0.2) is 47.3 Å². The number of hydrogen-bond acceptors (Lipinski definition) is 8. The number of aryl methyl sites for hydroxylation is 1. The largest absolute Gasteiger partial charge is 0.444 e. The summed E-state index contributed by atoms with van der Waals surface area (Å²) in [5.41, 5.74) is 8.87. The van der Waals surface area contributed by atoms with Crippen molar-refractivity contribution in [2.75, 3.05) is 29.0 Å². The Kier molecular flexibility index (Phi) is 4.98. The van der Waals surface area contributed by atoms with E-state index in [0.29, 0.717) is 43.0 Å². The van der Waals surface area contributed by atoms with Gasteiger partial charge in [0, 0.05) is 43.5 Å². The zero-order valence-electron chi connectivity index (χ0n) is 17.5. The van der Waals surface area contributed by atoms with Gasteiger partial charge in [-0.2, -0.15) is 5.10 Å². The second kappa shape index (κ2) is 7.97. The van der Waals surface area contributed by atoms with Crippen LogP contribution in [-0.4, -0.2) is 50.0 Å². The Hall–Kier alpha value is -3.92. The van der Waals surface area contributed by atoms with Crippen LogP contribution in [-0.2, 0) is 7.05 Å². The van der Waals surface area contributed by atoms with Crippen molar-refractivity contribution in [1.29, 1.82) is 0 Å². The molecule has 1 aromatic carbocycles. The number of carbonyl (C=O) groups is 1. The summed E-state index contributed by atoms with van der Waals surface area (Å²) in [6.07, 6.45) is 5.83. The van der Waals surface area contributed by atoms with Crippen molar-refractivity contribution in [3.05, 3.63) is 48.6 Å². The van der Waals surface area contributed by atoms with Crippen molar-refractivity contribution >= 4 is 34.0 Å². The second-order valence-electron chi connectivity index (χ2n) is 7.91. The Morgan fingerprint density at radius 1 is 1.28 bits per heavy atom. The number of pyridine rings is 1. The van der Waals surface area contributed by atoms with Gasteiger partial charge in [0.1, 0.15) is 12.1 Å². The standard InChI is InChI=1S/C22H23N7O3/c1-28-11-14-8-17(19(10-16(14)27-28)29-6-3-15(30)4-7-29)25-21(31)18-12-32-22(26-18)13-2-5-24-20(23)9-13/h2,5,8-12,15,30H,3-4,6-7H2,1H3,(H2,23,24)(H,25,31). The third-order valence-electron chi connectivity index (χ3n) is 5.55. The van der Waals surface area contributed by atoms with Crippen LogP contribution in [0.3, 0.4) is 0 Å². The summed E-state index contributed by atoms with van der Waals surface area (Å²) in [7, 11) is 1.86. The molecule has 0 spiro atoms. The number of hydrogen-bond donors (Lipinski definition) is 3. The first-order valence-corrected chi connectivity index (χ1v) is 10.4. The number of aliphatic hydroxyl groups is 1. The number of nitrogens with zero attached hydrogens (tertiary/aromatic N) is 5. The fraction of sp³-hybridized carbons (Fsp3) is 0.273. The van der Waals surface area contributed by atoms with Gasteiger partial charge >= 0.3 is 0 Å². The maximum atomic E-state index is 13.0. The average molecular weight is 433 g/mol. The Labute approximate surface area is 183 Å². The number of oxazole rings is 1. The fourth-order valence-corrected chi connectivity index (χ4v) is 3.93. The van der Waals surface area contributed by atoms with Crippen molar-refractivity contribution < 1.29 is 14.3 Å². The van der Waals surface area contributed by atoms with Crippen LogP contribution in [0.1, 0.15) is 23.3 Å². The van der Waals surface area contributed by atoms with Crippen molar-refractivity contribution in [3.63, 3.8) is 0 Å². The number of amides is 1. The molecule has 4 aromatic rings. The van der Waals surface area contributed by atoms with Crippen LogP contribution in [0, 0.1) is 0 Å². The summed E-state index contributed by atoms with van der Waals surface area (Å²) < 4.78 is 7.23. The SMILES string of the molecule is Cn1cc2cc(NC(=O)c3coc(-c4ccnc(N)c4)n3)c(N3CCC(O)CC3)cc2n1. The minimum Gasteiger partial charge on any atom is -0.444 e. The van der Waals surface area contributed by atoms with E-state index < -0.39 is 0 Å². The smallest absolute Gasteiger partial charge is 0.277 e. The van der Waals surface area contributed by atoms with E-state index in [1.165, 1.54) is 6.26 Å². The number of aromatic nitrogens is 4. The normalized spacial score (nSPS) is 14.8. The first kappa shape index (κ1) is 20.0. The van der Waals surface area contributed by atoms with Crippen molar-refractivity contribution in [2.45, 2.75) is 18.9 Å². The van der Waals surface area contributed by atoms with Gasteiger partial charge in [-0.05, 0) is 37.1 Å². The van der Waals surface area contributed by atoms with Crippen molar-refractivity contribution in [2.24, 2.45) is 7.05 Å². The molecular formula is C22H23N7O3. The van der Waals surface area contributed by atoms with Crippen LogP contribution >= 0.6 is 0 Å². The lowest BCUT2D eigenvalue weighted by molar-refractivity contribution is 0.102. The summed E-state index contributed by atoms with van der Waals surface area (Å²) in [6.45, 7) is 1.39. The number of fused-ring (bicyclic) bond motifs is 1. The molecular weight excluding hydrogens is 410 g/mol. The molecule has 1 fully saturated rings. The second-order valence-corrected chi connectivity index (χ2v) is 7.91.